The summed E-state index contributed by atoms with van der Waals surface area (Å²) < 4.78 is 5.13. The van der Waals surface area contributed by atoms with Gasteiger partial charge in [-0.1, -0.05) is 6.07 Å². The van der Waals surface area contributed by atoms with E-state index in [9.17, 15) is 4.79 Å². The van der Waals surface area contributed by atoms with Gasteiger partial charge in [-0.05, 0) is 18.6 Å². The zero-order valence-electron chi connectivity index (χ0n) is 8.41. The van der Waals surface area contributed by atoms with Crippen molar-refractivity contribution in [3.63, 3.8) is 0 Å². The summed E-state index contributed by atoms with van der Waals surface area (Å²) in [4.78, 5) is 13.3. The van der Waals surface area contributed by atoms with Crippen LogP contribution in [0.4, 0.5) is 5.69 Å². The fourth-order valence-electron chi connectivity index (χ4n) is 1.81. The molecule has 0 bridgehead atoms. The number of carbonyl (C=O) groups excluding carboxylic acids is 1. The summed E-state index contributed by atoms with van der Waals surface area (Å²) in [6.45, 7) is 2.70. The summed E-state index contributed by atoms with van der Waals surface area (Å²) in [6.07, 6.45) is 0.521. The van der Waals surface area contributed by atoms with Crippen molar-refractivity contribution in [2.75, 3.05) is 18.6 Å². The first kappa shape index (κ1) is 9.06. The summed E-state index contributed by atoms with van der Waals surface area (Å²) in [5, 5.41) is 0. The minimum atomic E-state index is 0.177. The highest BCUT2D eigenvalue weighted by Crippen LogP contribution is 2.31. The van der Waals surface area contributed by atoms with Crippen LogP contribution in [0.25, 0.3) is 0 Å². The van der Waals surface area contributed by atoms with Crippen LogP contribution in [0.3, 0.4) is 0 Å². The van der Waals surface area contributed by atoms with E-state index in [-0.39, 0.29) is 5.91 Å². The van der Waals surface area contributed by atoms with E-state index in [2.05, 4.69) is 0 Å². The second kappa shape index (κ2) is 3.33. The molecule has 0 spiro atoms. The number of ether oxygens (including phenoxy) is 1. The Morgan fingerprint density at radius 2 is 2.29 bits per heavy atom. The van der Waals surface area contributed by atoms with Gasteiger partial charge in [0.15, 0.2) is 0 Å². The molecule has 1 amide bonds. The van der Waals surface area contributed by atoms with Crippen LogP contribution in [-0.4, -0.2) is 19.6 Å². The van der Waals surface area contributed by atoms with Crippen LogP contribution in [0.5, 0.6) is 5.75 Å². The van der Waals surface area contributed by atoms with Gasteiger partial charge in [-0.25, -0.2) is 0 Å². The number of anilines is 1. The molecule has 0 aromatic heterocycles. The Hall–Kier alpha value is -1.51. The molecule has 3 heteroatoms. The molecule has 2 rings (SSSR count). The van der Waals surface area contributed by atoms with Crippen molar-refractivity contribution in [1.29, 1.82) is 0 Å². The lowest BCUT2D eigenvalue weighted by Gasteiger charge is -2.14. The molecular weight excluding hydrogens is 178 g/mol. The normalized spacial score (nSPS) is 14.4. The van der Waals surface area contributed by atoms with Crippen molar-refractivity contribution in [2.45, 2.75) is 13.3 Å². The maximum Gasteiger partial charge on any atom is 0.231 e. The average molecular weight is 191 g/mol. The topological polar surface area (TPSA) is 29.5 Å². The lowest BCUT2D eigenvalue weighted by molar-refractivity contribution is -0.117. The van der Waals surface area contributed by atoms with Gasteiger partial charge in [-0.15, -0.1) is 0 Å². The van der Waals surface area contributed by atoms with Crippen LogP contribution in [0.15, 0.2) is 18.2 Å². The molecule has 0 saturated heterocycles. The molecule has 1 heterocycles. The van der Waals surface area contributed by atoms with Crippen molar-refractivity contribution in [2.24, 2.45) is 0 Å². The molecule has 1 aliphatic rings. The Labute approximate surface area is 83.3 Å². The summed E-state index contributed by atoms with van der Waals surface area (Å²) in [5.41, 5.74) is 2.09. The highest BCUT2D eigenvalue weighted by atomic mass is 16.5. The first-order valence-corrected chi connectivity index (χ1v) is 4.73. The molecule has 1 aromatic carbocycles. The molecule has 0 aliphatic carbocycles. The summed E-state index contributed by atoms with van der Waals surface area (Å²) in [7, 11) is 1.63. The van der Waals surface area contributed by atoms with Crippen LogP contribution in [0.2, 0.25) is 0 Å². The molecule has 0 atom stereocenters. The number of methoxy groups -OCH3 is 1. The van der Waals surface area contributed by atoms with Crippen molar-refractivity contribution in [3.8, 4) is 5.75 Å². The molecule has 14 heavy (non-hydrogen) atoms. The second-order valence-corrected chi connectivity index (χ2v) is 3.31. The molecule has 0 radical (unpaired) electrons. The number of fused-ring (bicyclic) bond motifs is 1. The van der Waals surface area contributed by atoms with Gasteiger partial charge in [0.05, 0.1) is 19.2 Å². The third kappa shape index (κ3) is 1.25. The predicted octanol–water partition coefficient (Wildman–Crippen LogP) is 1.60. The largest absolute Gasteiger partial charge is 0.497 e. The summed E-state index contributed by atoms with van der Waals surface area (Å²) >= 11 is 0. The van der Waals surface area contributed by atoms with Crippen LogP contribution in [0, 0.1) is 0 Å². The van der Waals surface area contributed by atoms with E-state index in [0.717, 1.165) is 23.5 Å². The Balaban J connectivity index is 2.44. The molecule has 0 N–H and O–H groups in total. The molecule has 1 aromatic rings. The van der Waals surface area contributed by atoms with E-state index in [4.69, 9.17) is 4.74 Å². The van der Waals surface area contributed by atoms with Crippen LogP contribution in [-0.2, 0) is 11.2 Å². The zero-order chi connectivity index (χ0) is 10.1. The Morgan fingerprint density at radius 1 is 1.50 bits per heavy atom. The van der Waals surface area contributed by atoms with Crippen molar-refractivity contribution in [1.82, 2.24) is 0 Å². The second-order valence-electron chi connectivity index (χ2n) is 3.31. The number of hydrogen-bond donors (Lipinski definition) is 0. The van der Waals surface area contributed by atoms with Gasteiger partial charge in [0, 0.05) is 12.6 Å². The quantitative estimate of drug-likeness (QED) is 0.710. The Kier molecular flexibility index (Phi) is 2.15. The van der Waals surface area contributed by atoms with E-state index in [1.165, 1.54) is 0 Å². The number of amides is 1. The average Bonchev–Trinajstić information content (AvgIpc) is 2.52. The van der Waals surface area contributed by atoms with Gasteiger partial charge >= 0.3 is 0 Å². The van der Waals surface area contributed by atoms with E-state index in [0.29, 0.717) is 6.42 Å². The van der Waals surface area contributed by atoms with E-state index >= 15 is 0 Å². The minimum Gasteiger partial charge on any atom is -0.497 e. The lowest BCUT2D eigenvalue weighted by atomic mass is 10.1. The molecule has 0 saturated carbocycles. The maximum absolute atomic E-state index is 11.5. The van der Waals surface area contributed by atoms with Gasteiger partial charge < -0.3 is 9.64 Å². The van der Waals surface area contributed by atoms with E-state index < -0.39 is 0 Å². The minimum absolute atomic E-state index is 0.177. The van der Waals surface area contributed by atoms with Gasteiger partial charge in [-0.2, -0.15) is 0 Å². The summed E-state index contributed by atoms with van der Waals surface area (Å²) in [6, 6.07) is 5.77. The first-order chi connectivity index (χ1) is 6.76. The van der Waals surface area contributed by atoms with Gasteiger partial charge in [0.25, 0.3) is 0 Å². The zero-order valence-corrected chi connectivity index (χ0v) is 8.41. The number of nitrogens with zero attached hydrogens (tertiary/aromatic N) is 1. The van der Waals surface area contributed by atoms with Gasteiger partial charge in [0.2, 0.25) is 5.91 Å². The molecule has 74 valence electrons. The van der Waals surface area contributed by atoms with Gasteiger partial charge in [0.1, 0.15) is 5.75 Å². The number of rotatable bonds is 2. The highest BCUT2D eigenvalue weighted by molar-refractivity contribution is 6.01. The van der Waals surface area contributed by atoms with Crippen molar-refractivity contribution >= 4 is 11.6 Å². The molecule has 0 fully saturated rings. The highest BCUT2D eigenvalue weighted by Gasteiger charge is 2.25. The third-order valence-electron chi connectivity index (χ3n) is 2.54. The number of carbonyl (C=O) groups is 1. The van der Waals surface area contributed by atoms with Crippen molar-refractivity contribution < 1.29 is 9.53 Å². The smallest absolute Gasteiger partial charge is 0.231 e. The fraction of sp³-hybridized carbons (Fsp3) is 0.364. The van der Waals surface area contributed by atoms with Gasteiger partial charge in [-0.3, -0.25) is 4.79 Å². The molecular formula is C11H13NO2. The Morgan fingerprint density at radius 3 is 2.93 bits per heavy atom. The number of likely N-dealkylation sites (N-methyl/N-ethyl adjacent to an activating group) is 1. The SMILES string of the molecule is CCN1C(=O)Cc2ccc(OC)cc21. The molecule has 0 unspecified atom stereocenters. The third-order valence-corrected chi connectivity index (χ3v) is 2.54. The van der Waals surface area contributed by atoms with Crippen LogP contribution in [0.1, 0.15) is 12.5 Å². The standard InChI is InChI=1S/C11H13NO2/c1-3-12-10-7-9(14-2)5-4-8(10)6-11(12)13/h4-5,7H,3,6H2,1-2H3. The summed E-state index contributed by atoms with van der Waals surface area (Å²) in [5.74, 6) is 0.979. The predicted molar refractivity (Wildman–Crippen MR) is 54.7 cm³/mol. The fourth-order valence-corrected chi connectivity index (χ4v) is 1.81. The van der Waals surface area contributed by atoms with E-state index in [1.807, 2.05) is 25.1 Å². The Bertz CT molecular complexity index is 374. The van der Waals surface area contributed by atoms with Crippen LogP contribution < -0.4 is 9.64 Å². The van der Waals surface area contributed by atoms with Crippen molar-refractivity contribution in [3.05, 3.63) is 23.8 Å². The number of benzene rings is 1. The maximum atomic E-state index is 11.5. The first-order valence-electron chi connectivity index (χ1n) is 4.73. The monoisotopic (exact) mass is 191 g/mol. The molecule has 1 aliphatic heterocycles. The van der Waals surface area contributed by atoms with E-state index in [1.54, 1.807) is 12.0 Å². The molecule has 3 nitrogen and oxygen atoms in total. The number of hydrogen-bond acceptors (Lipinski definition) is 2. The van der Waals surface area contributed by atoms with Crippen LogP contribution >= 0.6 is 0 Å². The lowest BCUT2D eigenvalue weighted by Crippen LogP contribution is -2.25.